The number of rotatable bonds is 5. The van der Waals surface area contributed by atoms with E-state index in [2.05, 4.69) is 16.8 Å². The van der Waals surface area contributed by atoms with Crippen molar-refractivity contribution in [3.63, 3.8) is 0 Å². The van der Waals surface area contributed by atoms with Crippen molar-refractivity contribution in [2.24, 2.45) is 0 Å². The summed E-state index contributed by atoms with van der Waals surface area (Å²) >= 11 is 0. The fraction of sp³-hybridized carbons (Fsp3) is 0.909. The van der Waals surface area contributed by atoms with Crippen molar-refractivity contribution in [1.82, 2.24) is 9.80 Å². The molecule has 0 aromatic carbocycles. The van der Waals surface area contributed by atoms with E-state index >= 15 is 0 Å². The summed E-state index contributed by atoms with van der Waals surface area (Å²) in [5, 5.41) is 0. The molecule has 1 aliphatic heterocycles. The molecule has 1 atom stereocenters. The van der Waals surface area contributed by atoms with Gasteiger partial charge in [-0.25, -0.2) is 0 Å². The molecule has 0 aliphatic carbocycles. The maximum atomic E-state index is 11.2. The summed E-state index contributed by atoms with van der Waals surface area (Å²) in [6.07, 6.45) is 3.24. The van der Waals surface area contributed by atoms with Gasteiger partial charge in [0.15, 0.2) is 0 Å². The Morgan fingerprint density at radius 1 is 1.57 bits per heavy atom. The predicted octanol–water partition coefficient (Wildman–Crippen LogP) is 0.992. The Morgan fingerprint density at radius 2 is 2.29 bits per heavy atom. The smallest absolute Gasteiger partial charge is 0.146 e. The molecule has 0 bridgehead atoms. The summed E-state index contributed by atoms with van der Waals surface area (Å²) in [6, 6.07) is 0.657. The summed E-state index contributed by atoms with van der Waals surface area (Å²) in [5.74, 6) is 0.341. The van der Waals surface area contributed by atoms with E-state index in [-0.39, 0.29) is 0 Å². The van der Waals surface area contributed by atoms with Crippen LogP contribution in [-0.4, -0.2) is 55.4 Å². The van der Waals surface area contributed by atoms with Gasteiger partial charge < -0.3 is 4.90 Å². The highest BCUT2D eigenvalue weighted by atomic mass is 16.1. The zero-order valence-corrected chi connectivity index (χ0v) is 9.62. The van der Waals surface area contributed by atoms with E-state index in [1.807, 2.05) is 14.0 Å². The summed E-state index contributed by atoms with van der Waals surface area (Å²) in [5.41, 5.74) is 0. The third-order valence-corrected chi connectivity index (χ3v) is 3.03. The van der Waals surface area contributed by atoms with Crippen molar-refractivity contribution >= 4 is 5.78 Å². The highest BCUT2D eigenvalue weighted by Crippen LogP contribution is 2.15. The predicted molar refractivity (Wildman–Crippen MR) is 58.4 cm³/mol. The van der Waals surface area contributed by atoms with Crippen LogP contribution in [0.25, 0.3) is 0 Å². The lowest BCUT2D eigenvalue weighted by atomic mass is 10.2. The molecule has 0 aromatic heterocycles. The zero-order chi connectivity index (χ0) is 10.6. The van der Waals surface area contributed by atoms with Gasteiger partial charge in [-0.2, -0.15) is 0 Å². The molecule has 0 saturated carbocycles. The molecule has 0 spiro atoms. The summed E-state index contributed by atoms with van der Waals surface area (Å²) in [7, 11) is 4.22. The number of likely N-dealkylation sites (tertiary alicyclic amines) is 1. The van der Waals surface area contributed by atoms with Crippen LogP contribution in [0.2, 0.25) is 0 Å². The van der Waals surface area contributed by atoms with Gasteiger partial charge >= 0.3 is 0 Å². The van der Waals surface area contributed by atoms with Gasteiger partial charge in [-0.15, -0.1) is 0 Å². The molecule has 3 heteroatoms. The first kappa shape index (κ1) is 11.7. The summed E-state index contributed by atoms with van der Waals surface area (Å²) < 4.78 is 0. The highest BCUT2D eigenvalue weighted by Gasteiger charge is 2.22. The Labute approximate surface area is 87.1 Å². The minimum absolute atomic E-state index is 0.341. The lowest BCUT2D eigenvalue weighted by Crippen LogP contribution is -2.38. The molecule has 0 aromatic rings. The number of carbonyl (C=O) groups is 1. The fourth-order valence-corrected chi connectivity index (χ4v) is 2.05. The highest BCUT2D eigenvalue weighted by molar-refractivity contribution is 5.80. The van der Waals surface area contributed by atoms with E-state index in [4.69, 9.17) is 0 Å². The summed E-state index contributed by atoms with van der Waals surface area (Å²) in [6.45, 7) is 4.78. The van der Waals surface area contributed by atoms with E-state index in [9.17, 15) is 4.79 Å². The van der Waals surface area contributed by atoms with Gasteiger partial charge in [-0.1, -0.05) is 6.92 Å². The van der Waals surface area contributed by atoms with E-state index in [0.29, 0.717) is 24.8 Å². The topological polar surface area (TPSA) is 23.6 Å². The lowest BCUT2D eigenvalue weighted by molar-refractivity contribution is -0.119. The Morgan fingerprint density at radius 3 is 2.79 bits per heavy atom. The zero-order valence-electron chi connectivity index (χ0n) is 9.62. The third-order valence-electron chi connectivity index (χ3n) is 3.03. The van der Waals surface area contributed by atoms with Crippen LogP contribution < -0.4 is 0 Å². The van der Waals surface area contributed by atoms with Crippen LogP contribution in [0.1, 0.15) is 26.2 Å². The number of Topliss-reactive ketones (excluding diaryl/α,β-unsaturated/α-hetero) is 1. The molecule has 82 valence electrons. The molecule has 0 N–H and O–H groups in total. The van der Waals surface area contributed by atoms with Crippen molar-refractivity contribution in [3.05, 3.63) is 0 Å². The van der Waals surface area contributed by atoms with Gasteiger partial charge in [-0.3, -0.25) is 9.69 Å². The monoisotopic (exact) mass is 198 g/mol. The number of nitrogens with zero attached hydrogens (tertiary/aromatic N) is 2. The normalized spacial score (nSPS) is 23.3. The second kappa shape index (κ2) is 5.47. The molecule has 1 rings (SSSR count). The number of likely N-dealkylation sites (N-methyl/N-ethyl adjacent to an activating group) is 2. The van der Waals surface area contributed by atoms with Crippen molar-refractivity contribution in [2.45, 2.75) is 32.2 Å². The Hall–Kier alpha value is -0.410. The molecule has 0 amide bonds. The Bertz CT molecular complexity index is 194. The van der Waals surface area contributed by atoms with Crippen molar-refractivity contribution in [3.8, 4) is 0 Å². The van der Waals surface area contributed by atoms with Crippen LogP contribution in [0.5, 0.6) is 0 Å². The number of hydrogen-bond donors (Lipinski definition) is 0. The minimum atomic E-state index is 0.341. The maximum absolute atomic E-state index is 11.2. The third kappa shape index (κ3) is 3.39. The standard InChI is InChI=1S/C11H22N2O/c1-4-11(14)9-12(2)8-10-6-5-7-13(10)3/h10H,4-9H2,1-3H3. The van der Waals surface area contributed by atoms with Gasteiger partial charge in [0.1, 0.15) is 5.78 Å². The molecule has 0 radical (unpaired) electrons. The number of hydrogen-bond acceptors (Lipinski definition) is 3. The van der Waals surface area contributed by atoms with Crippen LogP contribution in [0.15, 0.2) is 0 Å². The van der Waals surface area contributed by atoms with E-state index in [1.54, 1.807) is 0 Å². The fourth-order valence-electron chi connectivity index (χ4n) is 2.05. The maximum Gasteiger partial charge on any atom is 0.146 e. The largest absolute Gasteiger partial charge is 0.302 e. The molecule has 14 heavy (non-hydrogen) atoms. The number of ketones is 1. The molecule has 3 nitrogen and oxygen atoms in total. The second-order valence-corrected chi connectivity index (χ2v) is 4.37. The van der Waals surface area contributed by atoms with E-state index < -0.39 is 0 Å². The van der Waals surface area contributed by atoms with Gasteiger partial charge in [0.05, 0.1) is 6.54 Å². The molecule has 1 fully saturated rings. The molecule has 1 unspecified atom stereocenters. The molecule has 1 saturated heterocycles. The van der Waals surface area contributed by atoms with Gasteiger partial charge in [-0.05, 0) is 33.5 Å². The van der Waals surface area contributed by atoms with Crippen LogP contribution >= 0.6 is 0 Å². The first-order valence-electron chi connectivity index (χ1n) is 5.54. The molecule has 1 heterocycles. The van der Waals surface area contributed by atoms with Gasteiger partial charge in [0, 0.05) is 19.0 Å². The van der Waals surface area contributed by atoms with Gasteiger partial charge in [0.2, 0.25) is 0 Å². The van der Waals surface area contributed by atoms with Crippen molar-refractivity contribution < 1.29 is 4.79 Å². The van der Waals surface area contributed by atoms with Crippen molar-refractivity contribution in [2.75, 3.05) is 33.7 Å². The van der Waals surface area contributed by atoms with Crippen LogP contribution in [0, 0.1) is 0 Å². The SMILES string of the molecule is CCC(=O)CN(C)CC1CCCN1C. The van der Waals surface area contributed by atoms with E-state index in [1.165, 1.54) is 19.4 Å². The van der Waals surface area contributed by atoms with Crippen molar-refractivity contribution in [1.29, 1.82) is 0 Å². The minimum Gasteiger partial charge on any atom is -0.302 e. The lowest BCUT2D eigenvalue weighted by Gasteiger charge is -2.25. The molecular formula is C11H22N2O. The first-order valence-corrected chi connectivity index (χ1v) is 5.54. The number of carbonyl (C=O) groups excluding carboxylic acids is 1. The Kier molecular flexibility index (Phi) is 4.55. The molecular weight excluding hydrogens is 176 g/mol. The summed E-state index contributed by atoms with van der Waals surface area (Å²) in [4.78, 5) is 15.8. The quantitative estimate of drug-likeness (QED) is 0.658. The average Bonchev–Trinajstić information content (AvgIpc) is 2.51. The Balaban J connectivity index is 2.25. The van der Waals surface area contributed by atoms with Gasteiger partial charge in [0.25, 0.3) is 0 Å². The molecule has 1 aliphatic rings. The first-order chi connectivity index (χ1) is 6.63. The van der Waals surface area contributed by atoms with Crippen LogP contribution in [0.3, 0.4) is 0 Å². The average molecular weight is 198 g/mol. The van der Waals surface area contributed by atoms with Crippen LogP contribution in [0.4, 0.5) is 0 Å². The van der Waals surface area contributed by atoms with E-state index in [0.717, 1.165) is 6.54 Å². The van der Waals surface area contributed by atoms with Crippen LogP contribution in [-0.2, 0) is 4.79 Å². The second-order valence-electron chi connectivity index (χ2n) is 4.37.